The number of aliphatic carboxylic acids is 1. The Balaban J connectivity index is 2.04. The van der Waals surface area contributed by atoms with Crippen molar-refractivity contribution in [3.8, 4) is 0 Å². The molecule has 0 aromatic heterocycles. The number of nitrogens with zero attached hydrogens (tertiary/aromatic N) is 1. The average Bonchev–Trinajstić information content (AvgIpc) is 2.87. The van der Waals surface area contributed by atoms with Gasteiger partial charge in [-0.15, -0.1) is 0 Å². The topological polar surface area (TPSA) is 57.6 Å². The first-order valence-electron chi connectivity index (χ1n) is 6.36. The fraction of sp³-hybridized carbons (Fsp3) is 0.333. The van der Waals surface area contributed by atoms with E-state index >= 15 is 0 Å². The van der Waals surface area contributed by atoms with Crippen LogP contribution in [0.3, 0.4) is 0 Å². The van der Waals surface area contributed by atoms with Crippen molar-refractivity contribution in [2.24, 2.45) is 0 Å². The van der Waals surface area contributed by atoms with Gasteiger partial charge >= 0.3 is 5.97 Å². The number of amides is 1. The summed E-state index contributed by atoms with van der Waals surface area (Å²) in [6.07, 6.45) is 4.46. The van der Waals surface area contributed by atoms with Crippen LogP contribution in [0.2, 0.25) is 0 Å². The second-order valence-electron chi connectivity index (χ2n) is 4.77. The fourth-order valence-electron chi connectivity index (χ4n) is 2.23. The molecule has 0 spiro atoms. The SMILES string of the molecule is Cc1ccc(/C=C\C(=O)N2CCC[C@@H]2C(=O)O)cc1. The van der Waals surface area contributed by atoms with E-state index in [-0.39, 0.29) is 5.91 Å². The summed E-state index contributed by atoms with van der Waals surface area (Å²) in [6.45, 7) is 2.52. The Morgan fingerprint density at radius 3 is 2.63 bits per heavy atom. The zero-order chi connectivity index (χ0) is 13.8. The average molecular weight is 259 g/mol. The molecule has 0 aliphatic carbocycles. The molecule has 0 unspecified atom stereocenters. The third kappa shape index (κ3) is 3.22. The minimum atomic E-state index is -0.922. The summed E-state index contributed by atoms with van der Waals surface area (Å²) in [6, 6.07) is 7.13. The third-order valence-electron chi connectivity index (χ3n) is 3.32. The molecular formula is C15H17NO3. The van der Waals surface area contributed by atoms with E-state index in [9.17, 15) is 9.59 Å². The molecule has 0 radical (unpaired) electrons. The van der Waals surface area contributed by atoms with Crippen LogP contribution < -0.4 is 0 Å². The molecule has 0 bridgehead atoms. The van der Waals surface area contributed by atoms with Crippen LogP contribution in [-0.4, -0.2) is 34.5 Å². The van der Waals surface area contributed by atoms with Crippen LogP contribution in [0.25, 0.3) is 6.08 Å². The highest BCUT2D eigenvalue weighted by atomic mass is 16.4. The molecule has 1 heterocycles. The van der Waals surface area contributed by atoms with Crippen molar-refractivity contribution in [3.63, 3.8) is 0 Å². The van der Waals surface area contributed by atoms with Gasteiger partial charge in [-0.2, -0.15) is 0 Å². The summed E-state index contributed by atoms with van der Waals surface area (Å²) in [7, 11) is 0. The van der Waals surface area contributed by atoms with Gasteiger partial charge in [0.25, 0.3) is 0 Å². The van der Waals surface area contributed by atoms with Crippen molar-refractivity contribution >= 4 is 18.0 Å². The van der Waals surface area contributed by atoms with Crippen LogP contribution in [0.15, 0.2) is 30.3 Å². The number of carboxylic acids is 1. The van der Waals surface area contributed by atoms with E-state index in [4.69, 9.17) is 5.11 Å². The van der Waals surface area contributed by atoms with Crippen molar-refractivity contribution in [2.75, 3.05) is 6.54 Å². The molecule has 19 heavy (non-hydrogen) atoms. The van der Waals surface area contributed by atoms with Gasteiger partial charge in [0.15, 0.2) is 0 Å². The fourth-order valence-corrected chi connectivity index (χ4v) is 2.23. The molecule has 4 nitrogen and oxygen atoms in total. The lowest BCUT2D eigenvalue weighted by Gasteiger charge is -2.19. The third-order valence-corrected chi connectivity index (χ3v) is 3.32. The van der Waals surface area contributed by atoms with E-state index in [0.29, 0.717) is 13.0 Å². The van der Waals surface area contributed by atoms with Gasteiger partial charge in [-0.1, -0.05) is 29.8 Å². The quantitative estimate of drug-likeness (QED) is 0.845. The number of aryl methyl sites for hydroxylation is 1. The van der Waals surface area contributed by atoms with Crippen molar-refractivity contribution in [3.05, 3.63) is 41.5 Å². The summed E-state index contributed by atoms with van der Waals surface area (Å²) in [5, 5.41) is 9.03. The van der Waals surface area contributed by atoms with E-state index in [1.807, 2.05) is 31.2 Å². The van der Waals surface area contributed by atoms with Crippen LogP contribution in [-0.2, 0) is 9.59 Å². The van der Waals surface area contributed by atoms with Crippen molar-refractivity contribution in [1.82, 2.24) is 4.90 Å². The molecule has 100 valence electrons. The van der Waals surface area contributed by atoms with E-state index < -0.39 is 12.0 Å². The number of carbonyl (C=O) groups excluding carboxylic acids is 1. The summed E-state index contributed by atoms with van der Waals surface area (Å²) in [4.78, 5) is 24.4. The van der Waals surface area contributed by atoms with Gasteiger partial charge in [0.2, 0.25) is 5.91 Å². The van der Waals surface area contributed by atoms with Crippen molar-refractivity contribution in [1.29, 1.82) is 0 Å². The number of hydrogen-bond donors (Lipinski definition) is 1. The zero-order valence-corrected chi connectivity index (χ0v) is 10.9. The predicted molar refractivity (Wildman–Crippen MR) is 72.6 cm³/mol. The molecule has 0 saturated carbocycles. The smallest absolute Gasteiger partial charge is 0.326 e. The molecule has 1 amide bonds. The Hall–Kier alpha value is -2.10. The molecule has 1 N–H and O–H groups in total. The standard InChI is InChI=1S/C15H17NO3/c1-11-4-6-12(7-5-11)8-9-14(17)16-10-2-3-13(16)15(18)19/h4-9,13H,2-3,10H2,1H3,(H,18,19)/b9-8-/t13-/m1/s1. The highest BCUT2D eigenvalue weighted by Gasteiger charge is 2.32. The molecular weight excluding hydrogens is 242 g/mol. The van der Waals surface area contributed by atoms with Crippen LogP contribution in [0, 0.1) is 6.92 Å². The summed E-state index contributed by atoms with van der Waals surface area (Å²) < 4.78 is 0. The van der Waals surface area contributed by atoms with Crippen molar-refractivity contribution in [2.45, 2.75) is 25.8 Å². The molecule has 1 atom stereocenters. The first-order chi connectivity index (χ1) is 9.08. The lowest BCUT2D eigenvalue weighted by molar-refractivity contribution is -0.146. The van der Waals surface area contributed by atoms with Gasteiger partial charge in [0, 0.05) is 12.6 Å². The molecule has 1 aliphatic rings. The predicted octanol–water partition coefficient (Wildman–Crippen LogP) is 2.08. The Kier molecular flexibility index (Phi) is 4.00. The Bertz CT molecular complexity index is 505. The first-order valence-corrected chi connectivity index (χ1v) is 6.36. The summed E-state index contributed by atoms with van der Waals surface area (Å²) in [5.74, 6) is -1.15. The van der Waals surface area contributed by atoms with Crippen LogP contribution >= 0.6 is 0 Å². The number of hydrogen-bond acceptors (Lipinski definition) is 2. The monoisotopic (exact) mass is 259 g/mol. The molecule has 1 aromatic rings. The zero-order valence-electron chi connectivity index (χ0n) is 10.9. The van der Waals surface area contributed by atoms with Crippen LogP contribution in [0.1, 0.15) is 24.0 Å². The van der Waals surface area contributed by atoms with Crippen LogP contribution in [0.5, 0.6) is 0 Å². The molecule has 2 rings (SSSR count). The Labute approximate surface area is 112 Å². The van der Waals surface area contributed by atoms with E-state index in [0.717, 1.165) is 17.5 Å². The maximum atomic E-state index is 12.0. The van der Waals surface area contributed by atoms with Gasteiger partial charge in [0.1, 0.15) is 6.04 Å². The highest BCUT2D eigenvalue weighted by Crippen LogP contribution is 2.18. The first kappa shape index (κ1) is 13.3. The maximum absolute atomic E-state index is 12.0. The van der Waals surface area contributed by atoms with E-state index in [1.54, 1.807) is 6.08 Å². The molecule has 1 aliphatic heterocycles. The Morgan fingerprint density at radius 1 is 1.32 bits per heavy atom. The largest absolute Gasteiger partial charge is 0.480 e. The minimum Gasteiger partial charge on any atom is -0.480 e. The van der Waals surface area contributed by atoms with Gasteiger partial charge in [-0.3, -0.25) is 4.79 Å². The van der Waals surface area contributed by atoms with Crippen molar-refractivity contribution < 1.29 is 14.7 Å². The van der Waals surface area contributed by atoms with Crippen LogP contribution in [0.4, 0.5) is 0 Å². The molecule has 1 fully saturated rings. The van der Waals surface area contributed by atoms with E-state index in [2.05, 4.69) is 0 Å². The number of carboxylic acid groups (broad SMARTS) is 1. The van der Waals surface area contributed by atoms with Gasteiger partial charge in [0.05, 0.1) is 0 Å². The minimum absolute atomic E-state index is 0.231. The summed E-state index contributed by atoms with van der Waals surface area (Å²) in [5.41, 5.74) is 2.10. The number of benzene rings is 1. The van der Waals surface area contributed by atoms with Gasteiger partial charge in [-0.05, 0) is 31.4 Å². The number of likely N-dealkylation sites (tertiary alicyclic amines) is 1. The lowest BCUT2D eigenvalue weighted by atomic mass is 10.1. The number of carbonyl (C=O) groups is 2. The van der Waals surface area contributed by atoms with E-state index in [1.165, 1.54) is 11.0 Å². The maximum Gasteiger partial charge on any atom is 0.326 e. The highest BCUT2D eigenvalue weighted by molar-refractivity contribution is 5.94. The Morgan fingerprint density at radius 2 is 2.00 bits per heavy atom. The molecule has 1 aromatic carbocycles. The van der Waals surface area contributed by atoms with Gasteiger partial charge < -0.3 is 10.0 Å². The number of rotatable bonds is 3. The molecule has 1 saturated heterocycles. The summed E-state index contributed by atoms with van der Waals surface area (Å²) >= 11 is 0. The lowest BCUT2D eigenvalue weighted by Crippen LogP contribution is -2.39. The second-order valence-corrected chi connectivity index (χ2v) is 4.77. The normalized spacial score (nSPS) is 19.0. The van der Waals surface area contributed by atoms with Gasteiger partial charge in [-0.25, -0.2) is 4.79 Å². The molecule has 4 heteroatoms. The second kappa shape index (κ2) is 5.69.